The van der Waals surface area contributed by atoms with Gasteiger partial charge in [0.15, 0.2) is 0 Å². The van der Waals surface area contributed by atoms with Crippen LogP contribution in [0.1, 0.15) is 26.2 Å². The summed E-state index contributed by atoms with van der Waals surface area (Å²) in [5.74, 6) is 0.309. The van der Waals surface area contributed by atoms with Crippen molar-refractivity contribution < 1.29 is 8.42 Å². The third kappa shape index (κ3) is 5.15. The average molecular weight is 257 g/mol. The molecule has 0 spiro atoms. The molecular weight excluding hydrogens is 236 g/mol. The molecular formula is C9H21ClN2O2S. The van der Waals surface area contributed by atoms with Crippen LogP contribution in [0.25, 0.3) is 0 Å². The number of hydrogen-bond donors (Lipinski definition) is 1. The van der Waals surface area contributed by atoms with E-state index in [1.54, 1.807) is 4.31 Å². The first-order valence-electron chi connectivity index (χ1n) is 5.35. The van der Waals surface area contributed by atoms with Crippen LogP contribution in [-0.4, -0.2) is 44.7 Å². The molecule has 1 N–H and O–H groups in total. The molecule has 1 rings (SSSR count). The number of hydrogen-bond acceptors (Lipinski definition) is 3. The zero-order chi connectivity index (χ0) is 10.4. The summed E-state index contributed by atoms with van der Waals surface area (Å²) in [5.41, 5.74) is 0. The summed E-state index contributed by atoms with van der Waals surface area (Å²) in [4.78, 5) is 0. The number of nitrogens with zero attached hydrogens (tertiary/aromatic N) is 1. The molecule has 0 atom stereocenters. The first-order valence-corrected chi connectivity index (χ1v) is 6.96. The zero-order valence-corrected chi connectivity index (χ0v) is 10.9. The molecule has 15 heavy (non-hydrogen) atoms. The van der Waals surface area contributed by atoms with Gasteiger partial charge >= 0.3 is 0 Å². The van der Waals surface area contributed by atoms with Crippen LogP contribution in [0.5, 0.6) is 0 Å². The van der Waals surface area contributed by atoms with Crippen molar-refractivity contribution in [3.8, 4) is 0 Å². The lowest BCUT2D eigenvalue weighted by Gasteiger charge is -2.19. The number of rotatable bonds is 4. The van der Waals surface area contributed by atoms with Crippen molar-refractivity contribution in [1.82, 2.24) is 9.62 Å². The topological polar surface area (TPSA) is 49.4 Å². The van der Waals surface area contributed by atoms with Crippen LogP contribution in [0.2, 0.25) is 0 Å². The standard InChI is InChI=1S/C9H20N2O2S.ClH/c1-2-3-9-14(12,13)11-7-4-5-10-6-8-11;/h10H,2-9H2,1H3;1H. The van der Waals surface area contributed by atoms with Crippen molar-refractivity contribution in [2.45, 2.75) is 26.2 Å². The van der Waals surface area contributed by atoms with E-state index in [1.807, 2.05) is 6.92 Å². The van der Waals surface area contributed by atoms with Gasteiger partial charge in [-0.1, -0.05) is 13.3 Å². The molecule has 1 heterocycles. The van der Waals surface area contributed by atoms with Gasteiger partial charge in [0.25, 0.3) is 0 Å². The Kier molecular flexibility index (Phi) is 7.52. The Hall–Kier alpha value is 0.160. The third-order valence-electron chi connectivity index (χ3n) is 2.45. The maximum Gasteiger partial charge on any atom is 0.214 e. The highest BCUT2D eigenvalue weighted by molar-refractivity contribution is 7.89. The second-order valence-corrected chi connectivity index (χ2v) is 5.76. The van der Waals surface area contributed by atoms with Crippen molar-refractivity contribution >= 4 is 22.4 Å². The van der Waals surface area contributed by atoms with Crippen LogP contribution in [0.15, 0.2) is 0 Å². The van der Waals surface area contributed by atoms with Crippen LogP contribution in [0, 0.1) is 0 Å². The summed E-state index contributed by atoms with van der Waals surface area (Å²) in [5, 5.41) is 3.20. The summed E-state index contributed by atoms with van der Waals surface area (Å²) in [6, 6.07) is 0. The lowest BCUT2D eigenvalue weighted by atomic mass is 10.4. The Balaban J connectivity index is 0.00000196. The Morgan fingerprint density at radius 1 is 1.27 bits per heavy atom. The van der Waals surface area contributed by atoms with Crippen LogP contribution in [-0.2, 0) is 10.0 Å². The normalized spacial score (nSPS) is 19.3. The molecule has 0 aromatic heterocycles. The highest BCUT2D eigenvalue weighted by Gasteiger charge is 2.21. The lowest BCUT2D eigenvalue weighted by Crippen LogP contribution is -2.35. The first kappa shape index (κ1) is 15.2. The van der Waals surface area contributed by atoms with E-state index in [0.29, 0.717) is 18.8 Å². The van der Waals surface area contributed by atoms with Crippen molar-refractivity contribution in [3.63, 3.8) is 0 Å². The van der Waals surface area contributed by atoms with Crippen LogP contribution < -0.4 is 5.32 Å². The Bertz CT molecular complexity index is 249. The van der Waals surface area contributed by atoms with E-state index in [4.69, 9.17) is 0 Å². The highest BCUT2D eigenvalue weighted by atomic mass is 35.5. The molecule has 0 aliphatic carbocycles. The maximum absolute atomic E-state index is 11.8. The van der Waals surface area contributed by atoms with Gasteiger partial charge in [0.05, 0.1) is 5.75 Å². The summed E-state index contributed by atoms with van der Waals surface area (Å²) in [6.07, 6.45) is 2.63. The third-order valence-corrected chi connectivity index (χ3v) is 4.40. The van der Waals surface area contributed by atoms with Gasteiger partial charge in [-0.25, -0.2) is 12.7 Å². The molecule has 1 fully saturated rings. The minimum absolute atomic E-state index is 0. The van der Waals surface area contributed by atoms with E-state index >= 15 is 0 Å². The minimum Gasteiger partial charge on any atom is -0.315 e. The van der Waals surface area contributed by atoms with Gasteiger partial charge in [-0.2, -0.15) is 0 Å². The average Bonchev–Trinajstić information content (AvgIpc) is 2.43. The predicted molar refractivity (Wildman–Crippen MR) is 65.0 cm³/mol. The molecule has 0 radical (unpaired) electrons. The van der Waals surface area contributed by atoms with Gasteiger partial charge < -0.3 is 5.32 Å². The molecule has 1 saturated heterocycles. The quantitative estimate of drug-likeness (QED) is 0.811. The molecule has 0 unspecified atom stereocenters. The van der Waals surface area contributed by atoms with E-state index in [9.17, 15) is 8.42 Å². The molecule has 0 aromatic carbocycles. The summed E-state index contributed by atoms with van der Waals surface area (Å²) < 4.78 is 25.2. The Morgan fingerprint density at radius 3 is 2.67 bits per heavy atom. The molecule has 0 amide bonds. The van der Waals surface area contributed by atoms with E-state index in [0.717, 1.165) is 32.4 Å². The van der Waals surface area contributed by atoms with Crippen molar-refractivity contribution in [2.24, 2.45) is 0 Å². The predicted octanol–water partition coefficient (Wildman–Crippen LogP) is 0.833. The second-order valence-electron chi connectivity index (χ2n) is 3.67. The Morgan fingerprint density at radius 2 is 2.00 bits per heavy atom. The Labute approximate surface area is 98.9 Å². The lowest BCUT2D eigenvalue weighted by molar-refractivity contribution is 0.431. The maximum atomic E-state index is 11.8. The number of unbranched alkanes of at least 4 members (excludes halogenated alkanes) is 1. The van der Waals surface area contributed by atoms with E-state index in [1.165, 1.54) is 0 Å². The molecule has 1 aliphatic rings. The molecule has 0 saturated carbocycles. The molecule has 92 valence electrons. The SMILES string of the molecule is CCCCS(=O)(=O)N1CCCNCC1.Cl. The fourth-order valence-corrected chi connectivity index (χ4v) is 3.24. The van der Waals surface area contributed by atoms with Crippen LogP contribution in [0.3, 0.4) is 0 Å². The van der Waals surface area contributed by atoms with Gasteiger partial charge in [-0.3, -0.25) is 0 Å². The number of nitrogens with one attached hydrogen (secondary N) is 1. The first-order chi connectivity index (χ1) is 6.67. The second kappa shape index (κ2) is 7.44. The summed E-state index contributed by atoms with van der Waals surface area (Å²) in [6.45, 7) is 5.04. The van der Waals surface area contributed by atoms with Crippen molar-refractivity contribution in [2.75, 3.05) is 31.9 Å². The van der Waals surface area contributed by atoms with E-state index in [2.05, 4.69) is 5.32 Å². The van der Waals surface area contributed by atoms with Crippen LogP contribution >= 0.6 is 12.4 Å². The van der Waals surface area contributed by atoms with Gasteiger partial charge in [0.1, 0.15) is 0 Å². The number of halogens is 1. The summed E-state index contributed by atoms with van der Waals surface area (Å²) in [7, 11) is -2.98. The number of sulfonamides is 1. The monoisotopic (exact) mass is 256 g/mol. The van der Waals surface area contributed by atoms with Crippen molar-refractivity contribution in [3.05, 3.63) is 0 Å². The molecule has 4 nitrogen and oxygen atoms in total. The van der Waals surface area contributed by atoms with Crippen LogP contribution in [0.4, 0.5) is 0 Å². The van der Waals surface area contributed by atoms with Crippen molar-refractivity contribution in [1.29, 1.82) is 0 Å². The highest BCUT2D eigenvalue weighted by Crippen LogP contribution is 2.06. The van der Waals surface area contributed by atoms with Gasteiger partial charge in [0, 0.05) is 19.6 Å². The smallest absolute Gasteiger partial charge is 0.214 e. The summed E-state index contributed by atoms with van der Waals surface area (Å²) >= 11 is 0. The fraction of sp³-hybridized carbons (Fsp3) is 1.00. The van der Waals surface area contributed by atoms with Gasteiger partial charge in [-0.05, 0) is 19.4 Å². The fourth-order valence-electron chi connectivity index (χ4n) is 1.55. The molecule has 6 heteroatoms. The molecule has 0 bridgehead atoms. The minimum atomic E-state index is -2.98. The van der Waals surface area contributed by atoms with E-state index in [-0.39, 0.29) is 12.4 Å². The molecule has 0 aromatic rings. The van der Waals surface area contributed by atoms with Gasteiger partial charge in [0.2, 0.25) is 10.0 Å². The largest absolute Gasteiger partial charge is 0.315 e. The molecule has 1 aliphatic heterocycles. The van der Waals surface area contributed by atoms with E-state index < -0.39 is 10.0 Å². The van der Waals surface area contributed by atoms with Gasteiger partial charge in [-0.15, -0.1) is 12.4 Å². The zero-order valence-electron chi connectivity index (χ0n) is 9.24.